The second-order valence-electron chi connectivity index (χ2n) is 5.74. The standard InChI is InChI=1S/C16H18ClN5O/c1-11(2)16(3,9-18)21-14(23)8-22-15(19-10-20-22)12-6-4-5-7-13(12)17/h4-7,10-11H,8H2,1-3H3,(H,21,23)/t16-/m1/s1. The van der Waals surface area contributed by atoms with Crippen LogP contribution in [0.3, 0.4) is 0 Å². The van der Waals surface area contributed by atoms with E-state index in [2.05, 4.69) is 21.5 Å². The van der Waals surface area contributed by atoms with Crippen molar-refractivity contribution in [2.75, 3.05) is 0 Å². The number of halogens is 1. The van der Waals surface area contributed by atoms with Gasteiger partial charge in [0.1, 0.15) is 18.4 Å². The van der Waals surface area contributed by atoms with Crippen LogP contribution in [0.1, 0.15) is 20.8 Å². The molecule has 0 spiro atoms. The molecule has 1 heterocycles. The molecule has 23 heavy (non-hydrogen) atoms. The van der Waals surface area contributed by atoms with Crippen molar-refractivity contribution in [2.24, 2.45) is 5.92 Å². The third-order valence-electron chi connectivity index (χ3n) is 3.81. The van der Waals surface area contributed by atoms with Crippen molar-refractivity contribution in [3.63, 3.8) is 0 Å². The highest BCUT2D eigenvalue weighted by Gasteiger charge is 2.30. The lowest BCUT2D eigenvalue weighted by Gasteiger charge is -2.27. The minimum Gasteiger partial charge on any atom is -0.336 e. The van der Waals surface area contributed by atoms with Gasteiger partial charge in [-0.25, -0.2) is 9.67 Å². The Balaban J connectivity index is 2.20. The first-order valence-electron chi connectivity index (χ1n) is 7.22. The Bertz CT molecular complexity index is 749. The fourth-order valence-corrected chi connectivity index (χ4v) is 2.22. The van der Waals surface area contributed by atoms with E-state index in [1.807, 2.05) is 32.0 Å². The number of amides is 1. The Morgan fingerprint density at radius 2 is 2.17 bits per heavy atom. The molecule has 0 bridgehead atoms. The summed E-state index contributed by atoms with van der Waals surface area (Å²) in [4.78, 5) is 16.4. The van der Waals surface area contributed by atoms with Crippen molar-refractivity contribution >= 4 is 17.5 Å². The van der Waals surface area contributed by atoms with Gasteiger partial charge in [-0.05, 0) is 25.0 Å². The molecule has 2 aromatic rings. The van der Waals surface area contributed by atoms with Crippen molar-refractivity contribution in [3.05, 3.63) is 35.6 Å². The number of aromatic nitrogens is 3. The summed E-state index contributed by atoms with van der Waals surface area (Å²) in [6, 6.07) is 9.37. The Kier molecular flexibility index (Phi) is 5.02. The fraction of sp³-hybridized carbons (Fsp3) is 0.375. The molecule has 120 valence electrons. The van der Waals surface area contributed by atoms with Crippen molar-refractivity contribution in [3.8, 4) is 17.5 Å². The van der Waals surface area contributed by atoms with Gasteiger partial charge in [0.25, 0.3) is 0 Å². The third kappa shape index (κ3) is 3.69. The molecule has 0 unspecified atom stereocenters. The van der Waals surface area contributed by atoms with Crippen LogP contribution in [0, 0.1) is 17.2 Å². The topological polar surface area (TPSA) is 83.6 Å². The highest BCUT2D eigenvalue weighted by Crippen LogP contribution is 2.25. The van der Waals surface area contributed by atoms with E-state index in [4.69, 9.17) is 11.6 Å². The highest BCUT2D eigenvalue weighted by atomic mass is 35.5. The maximum atomic E-state index is 12.3. The van der Waals surface area contributed by atoms with Gasteiger partial charge in [0.2, 0.25) is 5.91 Å². The van der Waals surface area contributed by atoms with E-state index in [1.165, 1.54) is 11.0 Å². The van der Waals surface area contributed by atoms with Crippen molar-refractivity contribution in [1.29, 1.82) is 5.26 Å². The Morgan fingerprint density at radius 1 is 1.48 bits per heavy atom. The summed E-state index contributed by atoms with van der Waals surface area (Å²) in [6.45, 7) is 5.43. The molecule has 1 aromatic heterocycles. The quantitative estimate of drug-likeness (QED) is 0.912. The number of carbonyl (C=O) groups excluding carboxylic acids is 1. The number of rotatable bonds is 5. The maximum absolute atomic E-state index is 12.3. The zero-order valence-electron chi connectivity index (χ0n) is 13.2. The predicted molar refractivity (Wildman–Crippen MR) is 87.5 cm³/mol. The van der Waals surface area contributed by atoms with Crippen LogP contribution in [0.4, 0.5) is 0 Å². The Labute approximate surface area is 140 Å². The average molecular weight is 332 g/mol. The van der Waals surface area contributed by atoms with Crippen LogP contribution in [0.2, 0.25) is 5.02 Å². The Hall–Kier alpha value is -2.39. The molecular weight excluding hydrogens is 314 g/mol. The number of hydrogen-bond acceptors (Lipinski definition) is 4. The van der Waals surface area contributed by atoms with Crippen LogP contribution >= 0.6 is 11.6 Å². The summed E-state index contributed by atoms with van der Waals surface area (Å²) in [5.74, 6) is 0.186. The number of nitriles is 1. The van der Waals surface area contributed by atoms with E-state index < -0.39 is 5.54 Å². The zero-order valence-corrected chi connectivity index (χ0v) is 14.0. The van der Waals surface area contributed by atoms with E-state index in [0.717, 1.165) is 0 Å². The molecule has 0 saturated carbocycles. The van der Waals surface area contributed by atoms with E-state index in [1.54, 1.807) is 13.0 Å². The van der Waals surface area contributed by atoms with Crippen LogP contribution in [0.15, 0.2) is 30.6 Å². The maximum Gasteiger partial charge on any atom is 0.243 e. The molecule has 0 saturated heterocycles. The zero-order chi connectivity index (χ0) is 17.0. The van der Waals surface area contributed by atoms with E-state index >= 15 is 0 Å². The smallest absolute Gasteiger partial charge is 0.243 e. The van der Waals surface area contributed by atoms with Gasteiger partial charge < -0.3 is 5.32 Å². The van der Waals surface area contributed by atoms with Gasteiger partial charge in [-0.1, -0.05) is 37.6 Å². The molecule has 0 fully saturated rings. The van der Waals surface area contributed by atoms with Gasteiger partial charge in [0, 0.05) is 5.56 Å². The van der Waals surface area contributed by atoms with Gasteiger partial charge in [-0.3, -0.25) is 4.79 Å². The van der Waals surface area contributed by atoms with Gasteiger partial charge in [-0.2, -0.15) is 10.4 Å². The van der Waals surface area contributed by atoms with Gasteiger partial charge in [-0.15, -0.1) is 0 Å². The lowest BCUT2D eigenvalue weighted by atomic mass is 9.90. The largest absolute Gasteiger partial charge is 0.336 e. The fourth-order valence-electron chi connectivity index (χ4n) is 2.00. The Morgan fingerprint density at radius 3 is 2.78 bits per heavy atom. The minimum atomic E-state index is -0.928. The van der Waals surface area contributed by atoms with Gasteiger partial charge in [0.05, 0.1) is 11.1 Å². The van der Waals surface area contributed by atoms with Crippen LogP contribution in [0.5, 0.6) is 0 Å². The molecule has 6 nitrogen and oxygen atoms in total. The second-order valence-corrected chi connectivity index (χ2v) is 6.15. The van der Waals surface area contributed by atoms with Crippen molar-refractivity contribution in [1.82, 2.24) is 20.1 Å². The highest BCUT2D eigenvalue weighted by molar-refractivity contribution is 6.33. The average Bonchev–Trinajstić information content (AvgIpc) is 2.95. The predicted octanol–water partition coefficient (Wildman–Crippen LogP) is 2.65. The van der Waals surface area contributed by atoms with Crippen molar-refractivity contribution < 1.29 is 4.79 Å². The molecular formula is C16H18ClN5O. The van der Waals surface area contributed by atoms with Crippen LogP contribution in [-0.4, -0.2) is 26.2 Å². The number of nitrogens with one attached hydrogen (secondary N) is 1. The summed E-state index contributed by atoms with van der Waals surface area (Å²) in [6.07, 6.45) is 1.37. The summed E-state index contributed by atoms with van der Waals surface area (Å²) in [5.41, 5.74) is -0.228. The molecule has 1 atom stereocenters. The first-order chi connectivity index (χ1) is 10.9. The number of hydrogen-bond donors (Lipinski definition) is 1. The minimum absolute atomic E-state index is 0.0183. The summed E-state index contributed by atoms with van der Waals surface area (Å²) >= 11 is 6.17. The first kappa shape index (κ1) is 17.0. The van der Waals surface area contributed by atoms with Crippen molar-refractivity contribution in [2.45, 2.75) is 32.9 Å². The lowest BCUT2D eigenvalue weighted by molar-refractivity contribution is -0.123. The monoisotopic (exact) mass is 331 g/mol. The molecule has 7 heteroatoms. The molecule has 1 aromatic carbocycles. The number of carbonyl (C=O) groups is 1. The molecule has 0 aliphatic carbocycles. The van der Waals surface area contributed by atoms with Crippen LogP contribution in [0.25, 0.3) is 11.4 Å². The van der Waals surface area contributed by atoms with Gasteiger partial charge >= 0.3 is 0 Å². The van der Waals surface area contributed by atoms with E-state index in [0.29, 0.717) is 16.4 Å². The van der Waals surface area contributed by atoms with Gasteiger partial charge in [0.15, 0.2) is 5.82 Å². The molecule has 1 N–H and O–H groups in total. The van der Waals surface area contributed by atoms with Crippen LogP contribution < -0.4 is 5.32 Å². The summed E-state index contributed by atoms with van der Waals surface area (Å²) in [5, 5.41) is 16.6. The van der Waals surface area contributed by atoms with Crippen LogP contribution in [-0.2, 0) is 11.3 Å². The molecule has 0 radical (unpaired) electrons. The molecule has 2 rings (SSSR count). The summed E-state index contributed by atoms with van der Waals surface area (Å²) < 4.78 is 1.47. The number of nitrogens with zero attached hydrogens (tertiary/aromatic N) is 4. The molecule has 0 aliphatic rings. The second kappa shape index (κ2) is 6.80. The lowest BCUT2D eigenvalue weighted by Crippen LogP contribution is -2.49. The SMILES string of the molecule is CC(C)[C@@](C)(C#N)NC(=O)Cn1ncnc1-c1ccccc1Cl. The van der Waals surface area contributed by atoms with E-state index in [-0.39, 0.29) is 18.4 Å². The first-order valence-corrected chi connectivity index (χ1v) is 7.60. The number of benzene rings is 1. The van der Waals surface area contributed by atoms with E-state index in [9.17, 15) is 10.1 Å². The third-order valence-corrected chi connectivity index (χ3v) is 4.14. The summed E-state index contributed by atoms with van der Waals surface area (Å²) in [7, 11) is 0. The molecule has 0 aliphatic heterocycles. The molecule has 1 amide bonds. The normalized spacial score (nSPS) is 13.4.